The first-order valence-corrected chi connectivity index (χ1v) is 7.82. The molecule has 6 heteroatoms. The van der Waals surface area contributed by atoms with Crippen molar-refractivity contribution in [2.24, 2.45) is 7.05 Å². The Labute approximate surface area is 137 Å². The van der Waals surface area contributed by atoms with Crippen LogP contribution in [0.3, 0.4) is 0 Å². The molecule has 0 spiro atoms. The molecule has 1 aromatic heterocycles. The second kappa shape index (κ2) is 5.96. The van der Waals surface area contributed by atoms with Crippen molar-refractivity contribution in [3.05, 3.63) is 47.9 Å². The van der Waals surface area contributed by atoms with Crippen molar-refractivity contribution in [2.45, 2.75) is 30.4 Å². The first-order valence-electron chi connectivity index (χ1n) is 7.38. The van der Waals surface area contributed by atoms with Gasteiger partial charge in [-0.3, -0.25) is 4.79 Å². The molecule has 1 fully saturated rings. The van der Waals surface area contributed by atoms with Gasteiger partial charge in [0, 0.05) is 31.1 Å². The van der Waals surface area contributed by atoms with Gasteiger partial charge in [-0.05, 0) is 18.1 Å². The van der Waals surface area contributed by atoms with Gasteiger partial charge in [-0.15, -0.1) is 11.6 Å². The SMILES string of the molecule is C=C1CC(Cl)C(NC(=O)c2cn(C)c3c(F)cccc23)CC1F. The summed E-state index contributed by atoms with van der Waals surface area (Å²) in [5.74, 6) is -0.770. The van der Waals surface area contributed by atoms with Crippen LogP contribution in [0.25, 0.3) is 10.9 Å². The maximum atomic E-state index is 13.9. The van der Waals surface area contributed by atoms with Crippen molar-refractivity contribution in [3.8, 4) is 0 Å². The molecule has 1 amide bonds. The molecule has 1 heterocycles. The van der Waals surface area contributed by atoms with E-state index < -0.39 is 23.4 Å². The summed E-state index contributed by atoms with van der Waals surface area (Å²) in [4.78, 5) is 12.5. The number of aryl methyl sites for hydroxylation is 1. The normalized spacial score (nSPS) is 24.9. The first-order chi connectivity index (χ1) is 10.9. The van der Waals surface area contributed by atoms with E-state index in [9.17, 15) is 13.6 Å². The third-order valence-electron chi connectivity index (χ3n) is 4.31. The van der Waals surface area contributed by atoms with Crippen LogP contribution in [0.4, 0.5) is 8.78 Å². The largest absolute Gasteiger partial charge is 0.348 e. The van der Waals surface area contributed by atoms with E-state index in [0.29, 0.717) is 28.5 Å². The van der Waals surface area contributed by atoms with E-state index in [0.717, 1.165) is 0 Å². The fourth-order valence-electron chi connectivity index (χ4n) is 3.05. The molecule has 1 aromatic carbocycles. The van der Waals surface area contributed by atoms with Crippen LogP contribution in [-0.2, 0) is 7.05 Å². The topological polar surface area (TPSA) is 34.0 Å². The molecular weight excluding hydrogens is 322 g/mol. The zero-order chi connectivity index (χ0) is 16.7. The Morgan fingerprint density at radius 2 is 2.22 bits per heavy atom. The lowest BCUT2D eigenvalue weighted by molar-refractivity contribution is 0.0925. The maximum Gasteiger partial charge on any atom is 0.253 e. The number of fused-ring (bicyclic) bond motifs is 1. The molecule has 0 aliphatic heterocycles. The minimum absolute atomic E-state index is 0.109. The Balaban J connectivity index is 1.87. The molecule has 3 nitrogen and oxygen atoms in total. The number of alkyl halides is 2. The van der Waals surface area contributed by atoms with Gasteiger partial charge >= 0.3 is 0 Å². The van der Waals surface area contributed by atoms with E-state index in [1.165, 1.54) is 6.07 Å². The van der Waals surface area contributed by atoms with Crippen LogP contribution in [0, 0.1) is 5.82 Å². The van der Waals surface area contributed by atoms with Crippen LogP contribution in [0.15, 0.2) is 36.5 Å². The van der Waals surface area contributed by atoms with Gasteiger partial charge in [-0.1, -0.05) is 18.7 Å². The average molecular weight is 339 g/mol. The molecule has 3 unspecified atom stereocenters. The van der Waals surface area contributed by atoms with Gasteiger partial charge in [-0.25, -0.2) is 8.78 Å². The Bertz CT molecular complexity index is 786. The van der Waals surface area contributed by atoms with Gasteiger partial charge in [0.25, 0.3) is 5.91 Å². The molecule has 2 aromatic rings. The zero-order valence-electron chi connectivity index (χ0n) is 12.7. The molecule has 1 N–H and O–H groups in total. The van der Waals surface area contributed by atoms with Crippen LogP contribution in [0.1, 0.15) is 23.2 Å². The number of nitrogens with one attached hydrogen (secondary N) is 1. The van der Waals surface area contributed by atoms with Crippen molar-refractivity contribution < 1.29 is 13.6 Å². The summed E-state index contributed by atoms with van der Waals surface area (Å²) >= 11 is 6.22. The molecule has 23 heavy (non-hydrogen) atoms. The quantitative estimate of drug-likeness (QED) is 0.657. The Hall–Kier alpha value is -1.88. The second-order valence-electron chi connectivity index (χ2n) is 5.95. The summed E-state index contributed by atoms with van der Waals surface area (Å²) in [5.41, 5.74) is 1.17. The van der Waals surface area contributed by atoms with Crippen LogP contribution >= 0.6 is 11.6 Å². The predicted molar refractivity (Wildman–Crippen MR) is 87.0 cm³/mol. The minimum Gasteiger partial charge on any atom is -0.348 e. The summed E-state index contributed by atoms with van der Waals surface area (Å²) < 4.78 is 29.3. The summed E-state index contributed by atoms with van der Waals surface area (Å²) in [7, 11) is 1.68. The zero-order valence-corrected chi connectivity index (χ0v) is 13.4. The third kappa shape index (κ3) is 2.85. The lowest BCUT2D eigenvalue weighted by Crippen LogP contribution is -2.46. The summed E-state index contributed by atoms with van der Waals surface area (Å²) in [6.45, 7) is 3.65. The molecule has 3 atom stereocenters. The highest BCUT2D eigenvalue weighted by Gasteiger charge is 2.33. The number of aromatic nitrogens is 1. The smallest absolute Gasteiger partial charge is 0.253 e. The molecule has 1 saturated carbocycles. The van der Waals surface area contributed by atoms with E-state index in [1.807, 2.05) is 0 Å². The number of allylic oxidation sites excluding steroid dienone is 1. The van der Waals surface area contributed by atoms with Gasteiger partial charge in [0.1, 0.15) is 12.0 Å². The van der Waals surface area contributed by atoms with Crippen LogP contribution in [0.2, 0.25) is 0 Å². The monoisotopic (exact) mass is 338 g/mol. The third-order valence-corrected chi connectivity index (χ3v) is 4.77. The Morgan fingerprint density at radius 1 is 1.48 bits per heavy atom. The number of carbonyl (C=O) groups is 1. The van der Waals surface area contributed by atoms with E-state index in [1.54, 1.807) is 29.9 Å². The van der Waals surface area contributed by atoms with Gasteiger partial charge in [0.2, 0.25) is 0 Å². The van der Waals surface area contributed by atoms with Gasteiger partial charge in [0.05, 0.1) is 16.5 Å². The summed E-state index contributed by atoms with van der Waals surface area (Å²) in [5, 5.41) is 2.90. The van der Waals surface area contributed by atoms with E-state index in [2.05, 4.69) is 11.9 Å². The average Bonchev–Trinajstić information content (AvgIpc) is 2.83. The number of benzene rings is 1. The fraction of sp³-hybridized carbons (Fsp3) is 0.353. The maximum absolute atomic E-state index is 13.9. The number of halogens is 3. The van der Waals surface area contributed by atoms with E-state index in [-0.39, 0.29) is 12.3 Å². The number of rotatable bonds is 2. The van der Waals surface area contributed by atoms with Gasteiger partial charge in [0.15, 0.2) is 0 Å². The molecule has 0 saturated heterocycles. The van der Waals surface area contributed by atoms with Crippen molar-refractivity contribution in [1.29, 1.82) is 0 Å². The lowest BCUT2D eigenvalue weighted by Gasteiger charge is -2.31. The van der Waals surface area contributed by atoms with Crippen LogP contribution in [-0.4, -0.2) is 28.1 Å². The highest BCUT2D eigenvalue weighted by atomic mass is 35.5. The highest BCUT2D eigenvalue weighted by Crippen LogP contribution is 2.30. The molecule has 1 aliphatic rings. The molecule has 1 aliphatic carbocycles. The van der Waals surface area contributed by atoms with Crippen molar-refractivity contribution >= 4 is 28.4 Å². The number of carbonyl (C=O) groups excluding carboxylic acids is 1. The summed E-state index contributed by atoms with van der Waals surface area (Å²) in [6.07, 6.45) is 0.844. The lowest BCUT2D eigenvalue weighted by atomic mass is 9.89. The molecule has 0 radical (unpaired) electrons. The minimum atomic E-state index is -1.17. The molecule has 0 bridgehead atoms. The summed E-state index contributed by atoms with van der Waals surface area (Å²) in [6, 6.07) is 4.11. The Kier molecular flexibility index (Phi) is 4.15. The van der Waals surface area contributed by atoms with Gasteiger partial charge in [-0.2, -0.15) is 0 Å². The predicted octanol–water partition coefficient (Wildman–Crippen LogP) is 3.71. The molecule has 3 rings (SSSR count). The van der Waals surface area contributed by atoms with Crippen molar-refractivity contribution in [2.75, 3.05) is 0 Å². The number of amides is 1. The van der Waals surface area contributed by atoms with Crippen LogP contribution < -0.4 is 5.32 Å². The number of para-hydroxylation sites is 1. The number of hydrogen-bond acceptors (Lipinski definition) is 1. The molecular formula is C17H17ClF2N2O. The molecule has 122 valence electrons. The Morgan fingerprint density at radius 3 is 2.96 bits per heavy atom. The van der Waals surface area contributed by atoms with Crippen molar-refractivity contribution in [3.63, 3.8) is 0 Å². The number of hydrogen-bond donors (Lipinski definition) is 1. The first kappa shape index (κ1) is 16.0. The fourth-order valence-corrected chi connectivity index (χ4v) is 3.42. The van der Waals surface area contributed by atoms with E-state index in [4.69, 9.17) is 11.6 Å². The second-order valence-corrected chi connectivity index (χ2v) is 6.51. The van der Waals surface area contributed by atoms with Crippen LogP contribution in [0.5, 0.6) is 0 Å². The standard InChI is InChI=1S/C17H17ClF2N2O/c1-9-6-12(18)15(7-14(9)20)21-17(23)11-8-22(2)16-10(11)4-3-5-13(16)19/h3-5,8,12,14-15H,1,6-7H2,2H3,(H,21,23). The van der Waals surface area contributed by atoms with Crippen molar-refractivity contribution in [1.82, 2.24) is 9.88 Å². The number of nitrogens with zero attached hydrogens (tertiary/aromatic N) is 1. The van der Waals surface area contributed by atoms with E-state index >= 15 is 0 Å². The highest BCUT2D eigenvalue weighted by molar-refractivity contribution is 6.21. The van der Waals surface area contributed by atoms with Gasteiger partial charge < -0.3 is 9.88 Å².